The van der Waals surface area contributed by atoms with Gasteiger partial charge in [0.15, 0.2) is 0 Å². The number of rotatable bonds is 5. The van der Waals surface area contributed by atoms with Crippen LogP contribution < -0.4 is 0 Å². The Morgan fingerprint density at radius 2 is 2.05 bits per heavy atom. The highest BCUT2D eigenvalue weighted by atomic mass is 19.1. The van der Waals surface area contributed by atoms with Crippen LogP contribution in [-0.4, -0.2) is 40.6 Å². The van der Waals surface area contributed by atoms with Crippen LogP contribution in [0.5, 0.6) is 0 Å². The summed E-state index contributed by atoms with van der Waals surface area (Å²) in [5.74, 6) is -0.966. The molecule has 1 amide bonds. The van der Waals surface area contributed by atoms with E-state index in [1.165, 1.54) is 30.6 Å². The van der Waals surface area contributed by atoms with Crippen molar-refractivity contribution in [3.8, 4) is 0 Å². The molecule has 0 bridgehead atoms. The first-order chi connectivity index (χ1) is 9.46. The number of likely N-dealkylation sites (tertiary alicyclic amines) is 1. The summed E-state index contributed by atoms with van der Waals surface area (Å²) in [5.41, 5.74) is -2.25. The molecule has 5 heteroatoms. The van der Waals surface area contributed by atoms with Crippen molar-refractivity contribution in [3.05, 3.63) is 0 Å². The molecular weight excluding hydrogens is 261 g/mol. The first kappa shape index (κ1) is 15.3. The summed E-state index contributed by atoms with van der Waals surface area (Å²) in [5, 5.41) is 8.88. The predicted octanol–water partition coefficient (Wildman–Crippen LogP) is 2.62. The van der Waals surface area contributed by atoms with Crippen molar-refractivity contribution in [1.29, 1.82) is 0 Å². The number of alkyl halides is 1. The van der Waals surface area contributed by atoms with Crippen molar-refractivity contribution < 1.29 is 19.1 Å². The zero-order valence-corrected chi connectivity index (χ0v) is 12.1. The second-order valence-corrected chi connectivity index (χ2v) is 6.27. The Morgan fingerprint density at radius 3 is 2.55 bits per heavy atom. The Morgan fingerprint density at radius 1 is 1.40 bits per heavy atom. The van der Waals surface area contributed by atoms with Gasteiger partial charge in [0.2, 0.25) is 11.6 Å². The molecule has 1 aliphatic carbocycles. The van der Waals surface area contributed by atoms with Crippen molar-refractivity contribution in [3.63, 3.8) is 0 Å². The lowest BCUT2D eigenvalue weighted by Crippen LogP contribution is -2.41. The average molecular weight is 285 g/mol. The normalized spacial score (nSPS) is 28.8. The summed E-state index contributed by atoms with van der Waals surface area (Å²) in [6, 6.07) is 0. The smallest absolute Gasteiger partial charge is 0.343 e. The third kappa shape index (κ3) is 3.13. The van der Waals surface area contributed by atoms with Gasteiger partial charge < -0.3 is 10.0 Å². The standard InChI is InChI=1S/C15H24FNO3/c1-2-12(9-11-5-3-4-6-11)13(18)17-8-7-15(16,10-17)14(19)20/h11-12H,2-10H2,1H3,(H,19,20). The zero-order chi connectivity index (χ0) is 14.8. The Kier molecular flexibility index (Phi) is 4.66. The third-order valence-electron chi connectivity index (χ3n) is 4.85. The van der Waals surface area contributed by atoms with E-state index in [2.05, 4.69) is 0 Å². The van der Waals surface area contributed by atoms with Gasteiger partial charge in [0, 0.05) is 18.9 Å². The lowest BCUT2D eigenvalue weighted by Gasteiger charge is -2.25. The molecule has 114 valence electrons. The molecule has 0 aromatic carbocycles. The largest absolute Gasteiger partial charge is 0.479 e. The van der Waals surface area contributed by atoms with E-state index >= 15 is 0 Å². The first-order valence-corrected chi connectivity index (χ1v) is 7.67. The maximum atomic E-state index is 14.0. The summed E-state index contributed by atoms with van der Waals surface area (Å²) in [4.78, 5) is 24.8. The van der Waals surface area contributed by atoms with E-state index in [0.29, 0.717) is 5.92 Å². The van der Waals surface area contributed by atoms with Gasteiger partial charge in [-0.05, 0) is 18.8 Å². The van der Waals surface area contributed by atoms with Crippen molar-refractivity contribution in [2.75, 3.05) is 13.1 Å². The maximum Gasteiger partial charge on any atom is 0.343 e. The van der Waals surface area contributed by atoms with Crippen molar-refractivity contribution in [2.45, 2.75) is 57.5 Å². The lowest BCUT2D eigenvalue weighted by molar-refractivity contribution is -0.150. The number of hydrogen-bond donors (Lipinski definition) is 1. The van der Waals surface area contributed by atoms with Crippen LogP contribution in [0, 0.1) is 11.8 Å². The number of halogens is 1. The highest BCUT2D eigenvalue weighted by molar-refractivity contribution is 5.83. The van der Waals surface area contributed by atoms with Crippen LogP contribution in [0.3, 0.4) is 0 Å². The number of carbonyl (C=O) groups excluding carboxylic acids is 1. The minimum Gasteiger partial charge on any atom is -0.479 e. The zero-order valence-electron chi connectivity index (χ0n) is 12.1. The van der Waals surface area contributed by atoms with Gasteiger partial charge in [0.25, 0.3) is 0 Å². The Labute approximate surface area is 119 Å². The van der Waals surface area contributed by atoms with Crippen LogP contribution in [0.15, 0.2) is 0 Å². The van der Waals surface area contributed by atoms with Crippen LogP contribution in [0.4, 0.5) is 4.39 Å². The molecule has 1 aliphatic heterocycles. The molecule has 0 aromatic rings. The minimum atomic E-state index is -2.25. The number of carboxylic acid groups (broad SMARTS) is 1. The number of nitrogens with zero attached hydrogens (tertiary/aromatic N) is 1. The van der Waals surface area contributed by atoms with Crippen LogP contribution in [0.1, 0.15) is 51.9 Å². The highest BCUT2D eigenvalue weighted by Gasteiger charge is 2.47. The van der Waals surface area contributed by atoms with E-state index in [4.69, 9.17) is 5.11 Å². The molecule has 1 heterocycles. The fourth-order valence-corrected chi connectivity index (χ4v) is 3.48. The SMILES string of the molecule is CCC(CC1CCCC1)C(=O)N1CCC(F)(C(=O)O)C1. The van der Waals surface area contributed by atoms with E-state index in [-0.39, 0.29) is 31.3 Å². The predicted molar refractivity (Wildman–Crippen MR) is 73.0 cm³/mol. The summed E-state index contributed by atoms with van der Waals surface area (Å²) in [7, 11) is 0. The number of carboxylic acids is 1. The van der Waals surface area contributed by atoms with Gasteiger partial charge in [-0.15, -0.1) is 0 Å². The maximum absolute atomic E-state index is 14.0. The molecule has 1 N–H and O–H groups in total. The molecule has 2 atom stereocenters. The van der Waals surface area contributed by atoms with Crippen LogP contribution in [0.2, 0.25) is 0 Å². The van der Waals surface area contributed by atoms with E-state index < -0.39 is 11.6 Å². The summed E-state index contributed by atoms with van der Waals surface area (Å²) in [6.45, 7) is 1.92. The van der Waals surface area contributed by atoms with Gasteiger partial charge in [-0.3, -0.25) is 4.79 Å². The van der Waals surface area contributed by atoms with E-state index in [0.717, 1.165) is 12.8 Å². The molecule has 1 saturated carbocycles. The van der Waals surface area contributed by atoms with Crippen LogP contribution >= 0.6 is 0 Å². The van der Waals surface area contributed by atoms with Crippen molar-refractivity contribution >= 4 is 11.9 Å². The molecule has 2 aliphatic rings. The molecule has 2 rings (SSSR count). The molecule has 4 nitrogen and oxygen atoms in total. The van der Waals surface area contributed by atoms with E-state index in [1.807, 2.05) is 6.92 Å². The summed E-state index contributed by atoms with van der Waals surface area (Å²) >= 11 is 0. The summed E-state index contributed by atoms with van der Waals surface area (Å²) in [6.07, 6.45) is 6.39. The number of aliphatic carboxylic acids is 1. The van der Waals surface area contributed by atoms with Gasteiger partial charge >= 0.3 is 5.97 Å². The Hall–Kier alpha value is -1.13. The van der Waals surface area contributed by atoms with Crippen molar-refractivity contribution in [2.24, 2.45) is 11.8 Å². The Balaban J connectivity index is 1.93. The van der Waals surface area contributed by atoms with Gasteiger partial charge in [-0.2, -0.15) is 0 Å². The molecule has 0 radical (unpaired) electrons. The molecular formula is C15H24FNO3. The van der Waals surface area contributed by atoms with Crippen molar-refractivity contribution in [1.82, 2.24) is 4.90 Å². The molecule has 1 saturated heterocycles. The molecule has 2 fully saturated rings. The van der Waals surface area contributed by atoms with Gasteiger partial charge in [-0.1, -0.05) is 32.6 Å². The number of hydrogen-bond acceptors (Lipinski definition) is 2. The first-order valence-electron chi connectivity index (χ1n) is 7.67. The van der Waals surface area contributed by atoms with Gasteiger partial charge in [0.05, 0.1) is 6.54 Å². The van der Waals surface area contributed by atoms with Crippen LogP contribution in [0.25, 0.3) is 0 Å². The second-order valence-electron chi connectivity index (χ2n) is 6.27. The summed E-state index contributed by atoms with van der Waals surface area (Å²) < 4.78 is 14.0. The van der Waals surface area contributed by atoms with Crippen LogP contribution in [-0.2, 0) is 9.59 Å². The molecule has 2 unspecified atom stereocenters. The van der Waals surface area contributed by atoms with E-state index in [9.17, 15) is 14.0 Å². The highest BCUT2D eigenvalue weighted by Crippen LogP contribution is 2.33. The quantitative estimate of drug-likeness (QED) is 0.844. The van der Waals surface area contributed by atoms with Gasteiger partial charge in [-0.25, -0.2) is 9.18 Å². The molecule has 0 spiro atoms. The fourth-order valence-electron chi connectivity index (χ4n) is 3.48. The third-order valence-corrected chi connectivity index (χ3v) is 4.85. The molecule has 20 heavy (non-hydrogen) atoms. The number of carbonyl (C=O) groups is 2. The van der Waals surface area contributed by atoms with Gasteiger partial charge in [0.1, 0.15) is 0 Å². The lowest BCUT2D eigenvalue weighted by atomic mass is 9.90. The Bertz CT molecular complexity index is 381. The topological polar surface area (TPSA) is 57.6 Å². The van der Waals surface area contributed by atoms with E-state index in [1.54, 1.807) is 0 Å². The monoisotopic (exact) mass is 285 g/mol. The minimum absolute atomic E-state index is 0.0554. The number of amides is 1. The molecule has 0 aromatic heterocycles. The average Bonchev–Trinajstić information content (AvgIpc) is 3.05. The second kappa shape index (κ2) is 6.10. The fraction of sp³-hybridized carbons (Fsp3) is 0.867.